The molecule has 1 aromatic carbocycles. The summed E-state index contributed by atoms with van der Waals surface area (Å²) >= 11 is 6.18. The number of hydrogen-bond acceptors (Lipinski definition) is 3. The van der Waals surface area contributed by atoms with Crippen molar-refractivity contribution in [3.8, 4) is 0 Å². The van der Waals surface area contributed by atoms with Gasteiger partial charge in [0.25, 0.3) is 0 Å². The Hall–Kier alpha value is -2.40. The van der Waals surface area contributed by atoms with Crippen molar-refractivity contribution in [3.63, 3.8) is 0 Å². The van der Waals surface area contributed by atoms with E-state index in [2.05, 4.69) is 10.3 Å². The van der Waals surface area contributed by atoms with Gasteiger partial charge in [0, 0.05) is 29.7 Å². The van der Waals surface area contributed by atoms with Crippen LogP contribution in [0.25, 0.3) is 0 Å². The van der Waals surface area contributed by atoms with Crippen molar-refractivity contribution < 1.29 is 9.59 Å². The van der Waals surface area contributed by atoms with Crippen molar-refractivity contribution in [1.29, 1.82) is 0 Å². The third kappa shape index (κ3) is 4.45. The van der Waals surface area contributed by atoms with E-state index in [1.165, 1.54) is 0 Å². The molecule has 6 heteroatoms. The zero-order valence-electron chi connectivity index (χ0n) is 16.7. The lowest BCUT2D eigenvalue weighted by molar-refractivity contribution is -0.132. The summed E-state index contributed by atoms with van der Waals surface area (Å²) in [7, 11) is 0. The number of aromatic nitrogens is 1. The lowest BCUT2D eigenvalue weighted by Crippen LogP contribution is -2.41. The van der Waals surface area contributed by atoms with Gasteiger partial charge in [-0.05, 0) is 55.4 Å². The fourth-order valence-corrected chi connectivity index (χ4v) is 4.59. The third-order valence-corrected chi connectivity index (χ3v) is 6.68. The average Bonchev–Trinajstić information content (AvgIpc) is 3.41. The van der Waals surface area contributed by atoms with E-state index in [1.54, 1.807) is 0 Å². The number of halogens is 1. The Labute approximate surface area is 176 Å². The number of piperidine rings is 1. The van der Waals surface area contributed by atoms with Crippen molar-refractivity contribution in [2.75, 3.05) is 13.1 Å². The van der Waals surface area contributed by atoms with Crippen LogP contribution in [0.3, 0.4) is 0 Å². The van der Waals surface area contributed by atoms with Gasteiger partial charge in [0.15, 0.2) is 0 Å². The minimum atomic E-state index is 0.0631. The van der Waals surface area contributed by atoms with Crippen LogP contribution in [0.5, 0.6) is 0 Å². The van der Waals surface area contributed by atoms with Crippen LogP contribution in [-0.4, -0.2) is 34.8 Å². The second kappa shape index (κ2) is 8.15. The second-order valence-electron chi connectivity index (χ2n) is 8.26. The SMILES string of the molecule is Cc1cccc(CNC(=O)[C@H]2CC23CCN(C(=O)Cc2ccccc2Cl)CC3)n1. The Balaban J connectivity index is 1.26. The highest BCUT2D eigenvalue weighted by Gasteiger charge is 2.58. The normalized spacial score (nSPS) is 19.8. The van der Waals surface area contributed by atoms with Gasteiger partial charge in [-0.2, -0.15) is 0 Å². The van der Waals surface area contributed by atoms with E-state index in [9.17, 15) is 9.59 Å². The Morgan fingerprint density at radius 3 is 2.66 bits per heavy atom. The number of hydrogen-bond donors (Lipinski definition) is 1. The molecule has 1 N–H and O–H groups in total. The second-order valence-corrected chi connectivity index (χ2v) is 8.66. The third-order valence-electron chi connectivity index (χ3n) is 6.31. The zero-order chi connectivity index (χ0) is 20.4. The lowest BCUT2D eigenvalue weighted by atomic mass is 9.90. The summed E-state index contributed by atoms with van der Waals surface area (Å²) in [5, 5.41) is 3.67. The van der Waals surface area contributed by atoms with Crippen LogP contribution in [0.2, 0.25) is 5.02 Å². The number of carbonyl (C=O) groups excluding carboxylic acids is 2. The van der Waals surface area contributed by atoms with Crippen molar-refractivity contribution in [1.82, 2.24) is 15.2 Å². The van der Waals surface area contributed by atoms with Gasteiger partial charge < -0.3 is 10.2 Å². The summed E-state index contributed by atoms with van der Waals surface area (Å²) in [4.78, 5) is 31.6. The van der Waals surface area contributed by atoms with E-state index in [0.29, 0.717) is 31.1 Å². The summed E-state index contributed by atoms with van der Waals surface area (Å²) < 4.78 is 0. The van der Waals surface area contributed by atoms with Crippen LogP contribution in [-0.2, 0) is 22.6 Å². The first-order valence-corrected chi connectivity index (χ1v) is 10.6. The number of likely N-dealkylation sites (tertiary alicyclic amines) is 1. The first-order chi connectivity index (χ1) is 14.0. The summed E-state index contributed by atoms with van der Waals surface area (Å²) in [6.07, 6.45) is 3.04. The zero-order valence-corrected chi connectivity index (χ0v) is 17.4. The van der Waals surface area contributed by atoms with Crippen LogP contribution >= 0.6 is 11.6 Å². The molecule has 1 spiro atoms. The van der Waals surface area contributed by atoms with E-state index in [4.69, 9.17) is 11.6 Å². The van der Waals surface area contributed by atoms with Crippen LogP contribution in [0.1, 0.15) is 36.2 Å². The summed E-state index contributed by atoms with van der Waals surface area (Å²) in [5.74, 6) is 0.289. The van der Waals surface area contributed by atoms with Gasteiger partial charge in [0.05, 0.1) is 18.7 Å². The molecule has 4 rings (SSSR count). The number of pyridine rings is 1. The van der Waals surface area contributed by atoms with Crippen molar-refractivity contribution in [2.45, 2.75) is 39.2 Å². The maximum atomic E-state index is 12.6. The number of nitrogens with one attached hydrogen (secondary N) is 1. The molecule has 0 radical (unpaired) electrons. The summed E-state index contributed by atoms with van der Waals surface area (Å²) in [6, 6.07) is 13.3. The van der Waals surface area contributed by atoms with E-state index in [0.717, 1.165) is 36.2 Å². The average molecular weight is 412 g/mol. The van der Waals surface area contributed by atoms with Crippen LogP contribution in [0, 0.1) is 18.3 Å². The monoisotopic (exact) mass is 411 g/mol. The first-order valence-electron chi connectivity index (χ1n) is 10.2. The van der Waals surface area contributed by atoms with E-state index in [-0.39, 0.29) is 23.1 Å². The Kier molecular flexibility index (Phi) is 5.59. The topological polar surface area (TPSA) is 62.3 Å². The number of nitrogens with zero attached hydrogens (tertiary/aromatic N) is 2. The number of benzene rings is 1. The highest BCUT2D eigenvalue weighted by atomic mass is 35.5. The number of aryl methyl sites for hydroxylation is 1. The van der Waals surface area contributed by atoms with Crippen molar-refractivity contribution in [3.05, 3.63) is 64.4 Å². The molecule has 0 bridgehead atoms. The molecular weight excluding hydrogens is 386 g/mol. The number of amides is 2. The molecule has 2 amide bonds. The van der Waals surface area contributed by atoms with Gasteiger partial charge in [-0.1, -0.05) is 35.9 Å². The summed E-state index contributed by atoms with van der Waals surface area (Å²) in [5.41, 5.74) is 2.78. The molecule has 2 aliphatic rings. The minimum absolute atomic E-state index is 0.0631. The maximum absolute atomic E-state index is 12.6. The molecule has 0 unspecified atom stereocenters. The standard InChI is InChI=1S/C23H26ClN3O2/c1-16-5-4-7-18(26-16)15-25-22(29)19-14-23(19)9-11-27(12-10-23)21(28)13-17-6-2-3-8-20(17)24/h2-8,19H,9-15H2,1H3,(H,25,29)/t19-/m1/s1. The fraction of sp³-hybridized carbons (Fsp3) is 0.435. The Bertz CT molecular complexity index is 922. The lowest BCUT2D eigenvalue weighted by Gasteiger charge is -2.33. The molecule has 1 aliphatic heterocycles. The minimum Gasteiger partial charge on any atom is -0.350 e. The molecular formula is C23H26ClN3O2. The van der Waals surface area contributed by atoms with Gasteiger partial charge in [-0.3, -0.25) is 14.6 Å². The van der Waals surface area contributed by atoms with Gasteiger partial charge in [0.2, 0.25) is 11.8 Å². The van der Waals surface area contributed by atoms with Crippen molar-refractivity contribution >= 4 is 23.4 Å². The quantitative estimate of drug-likeness (QED) is 0.818. The van der Waals surface area contributed by atoms with Gasteiger partial charge >= 0.3 is 0 Å². The molecule has 1 aromatic heterocycles. The fourth-order valence-electron chi connectivity index (χ4n) is 4.39. The largest absolute Gasteiger partial charge is 0.350 e. The smallest absolute Gasteiger partial charge is 0.227 e. The Morgan fingerprint density at radius 2 is 1.93 bits per heavy atom. The molecule has 29 heavy (non-hydrogen) atoms. The molecule has 1 atom stereocenters. The van der Waals surface area contributed by atoms with E-state index < -0.39 is 0 Å². The molecule has 1 saturated carbocycles. The molecule has 2 heterocycles. The van der Waals surface area contributed by atoms with E-state index in [1.807, 2.05) is 54.3 Å². The number of carbonyl (C=O) groups is 2. The van der Waals surface area contributed by atoms with E-state index >= 15 is 0 Å². The highest BCUT2D eigenvalue weighted by molar-refractivity contribution is 6.31. The molecule has 5 nitrogen and oxygen atoms in total. The van der Waals surface area contributed by atoms with Gasteiger partial charge in [0.1, 0.15) is 0 Å². The molecule has 2 fully saturated rings. The molecule has 152 valence electrons. The number of rotatable bonds is 5. The Morgan fingerprint density at radius 1 is 1.17 bits per heavy atom. The highest BCUT2D eigenvalue weighted by Crippen LogP contribution is 2.59. The van der Waals surface area contributed by atoms with Gasteiger partial charge in [-0.25, -0.2) is 0 Å². The molecule has 1 aliphatic carbocycles. The molecule has 1 saturated heterocycles. The first kappa shape index (κ1) is 19.9. The van der Waals surface area contributed by atoms with Crippen LogP contribution in [0.4, 0.5) is 0 Å². The maximum Gasteiger partial charge on any atom is 0.227 e. The molecule has 2 aromatic rings. The predicted molar refractivity (Wildman–Crippen MR) is 112 cm³/mol. The van der Waals surface area contributed by atoms with Crippen molar-refractivity contribution in [2.24, 2.45) is 11.3 Å². The summed E-state index contributed by atoms with van der Waals surface area (Å²) in [6.45, 7) is 3.84. The van der Waals surface area contributed by atoms with Crippen LogP contribution in [0.15, 0.2) is 42.5 Å². The van der Waals surface area contributed by atoms with Gasteiger partial charge in [-0.15, -0.1) is 0 Å². The van der Waals surface area contributed by atoms with Crippen LogP contribution < -0.4 is 5.32 Å². The predicted octanol–water partition coefficient (Wildman–Crippen LogP) is 3.53.